The number of aryl methyl sites for hydroxylation is 1. The van der Waals surface area contributed by atoms with Gasteiger partial charge in [0.05, 0.1) is 6.54 Å². The molecule has 0 bridgehead atoms. The van der Waals surface area contributed by atoms with Gasteiger partial charge in [0.25, 0.3) is 0 Å². The first kappa shape index (κ1) is 17.5. The molecule has 0 aliphatic rings. The Kier molecular flexibility index (Phi) is 10.1. The van der Waals surface area contributed by atoms with Crippen molar-refractivity contribution in [2.75, 3.05) is 25.6 Å². The molecule has 0 radical (unpaired) electrons. The van der Waals surface area contributed by atoms with Crippen LogP contribution < -0.4 is 10.6 Å². The van der Waals surface area contributed by atoms with Crippen LogP contribution >= 0.6 is 35.7 Å². The fourth-order valence-corrected chi connectivity index (χ4v) is 1.64. The average molecular weight is 384 g/mol. The smallest absolute Gasteiger partial charge is 0.191 e. The quantitative estimate of drug-likeness (QED) is 0.331. The van der Waals surface area contributed by atoms with Crippen molar-refractivity contribution >= 4 is 41.7 Å². The second-order valence-electron chi connectivity index (χ2n) is 3.38. The molecular weight excluding hydrogens is 363 g/mol. The molecule has 18 heavy (non-hydrogen) atoms. The highest BCUT2D eigenvalue weighted by molar-refractivity contribution is 14.0. The van der Waals surface area contributed by atoms with Gasteiger partial charge in [-0.15, -0.1) is 34.2 Å². The highest BCUT2D eigenvalue weighted by Crippen LogP contribution is 1.93. The molecule has 1 aromatic rings. The monoisotopic (exact) mass is 384 g/mol. The summed E-state index contributed by atoms with van der Waals surface area (Å²) in [5.41, 5.74) is 0. The van der Waals surface area contributed by atoms with E-state index >= 15 is 0 Å². The van der Waals surface area contributed by atoms with Gasteiger partial charge < -0.3 is 15.2 Å². The molecule has 0 saturated heterocycles. The fourth-order valence-electron chi connectivity index (χ4n) is 1.33. The SMILES string of the molecule is CCn1cnnc1CNC(=NC)NCCSC.I. The van der Waals surface area contributed by atoms with Crippen LogP contribution in [0.3, 0.4) is 0 Å². The largest absolute Gasteiger partial charge is 0.356 e. The maximum atomic E-state index is 4.14. The normalized spacial score (nSPS) is 10.9. The highest BCUT2D eigenvalue weighted by Gasteiger charge is 2.03. The summed E-state index contributed by atoms with van der Waals surface area (Å²) in [7, 11) is 1.76. The highest BCUT2D eigenvalue weighted by atomic mass is 127. The van der Waals surface area contributed by atoms with E-state index in [-0.39, 0.29) is 24.0 Å². The predicted molar refractivity (Wildman–Crippen MR) is 87.7 cm³/mol. The molecule has 0 saturated carbocycles. The number of aromatic nitrogens is 3. The molecule has 0 spiro atoms. The second-order valence-corrected chi connectivity index (χ2v) is 4.36. The van der Waals surface area contributed by atoms with Crippen molar-refractivity contribution in [2.24, 2.45) is 4.99 Å². The van der Waals surface area contributed by atoms with Gasteiger partial charge in [0.15, 0.2) is 11.8 Å². The molecule has 0 atom stereocenters. The number of nitrogens with one attached hydrogen (secondary N) is 2. The number of aliphatic imine (C=N–C) groups is 1. The van der Waals surface area contributed by atoms with E-state index in [0.717, 1.165) is 30.6 Å². The van der Waals surface area contributed by atoms with Gasteiger partial charge in [-0.2, -0.15) is 11.8 Å². The van der Waals surface area contributed by atoms with Crippen LogP contribution in [0.4, 0.5) is 0 Å². The Morgan fingerprint density at radius 2 is 2.28 bits per heavy atom. The van der Waals surface area contributed by atoms with Crippen molar-refractivity contribution in [1.29, 1.82) is 0 Å². The zero-order valence-corrected chi connectivity index (χ0v) is 14.2. The van der Waals surface area contributed by atoms with Crippen LogP contribution in [0.5, 0.6) is 0 Å². The first-order valence-corrected chi connectivity index (χ1v) is 7.01. The topological polar surface area (TPSA) is 67.1 Å². The fraction of sp³-hybridized carbons (Fsp3) is 0.700. The van der Waals surface area contributed by atoms with E-state index in [2.05, 4.69) is 39.0 Å². The van der Waals surface area contributed by atoms with Crippen LogP contribution in [0, 0.1) is 0 Å². The number of hydrogen-bond acceptors (Lipinski definition) is 4. The summed E-state index contributed by atoms with van der Waals surface area (Å²) < 4.78 is 2.00. The van der Waals surface area contributed by atoms with E-state index in [9.17, 15) is 0 Å². The number of nitrogens with zero attached hydrogens (tertiary/aromatic N) is 4. The first-order valence-electron chi connectivity index (χ1n) is 5.62. The van der Waals surface area contributed by atoms with Gasteiger partial charge in [-0.25, -0.2) is 0 Å². The molecule has 104 valence electrons. The molecule has 0 aromatic carbocycles. The minimum Gasteiger partial charge on any atom is -0.356 e. The van der Waals surface area contributed by atoms with Gasteiger partial charge in [-0.05, 0) is 13.2 Å². The summed E-state index contributed by atoms with van der Waals surface area (Å²) >= 11 is 1.80. The molecular formula is C10H21IN6S. The minimum atomic E-state index is 0. The average Bonchev–Trinajstić information content (AvgIpc) is 2.81. The number of hydrogen-bond donors (Lipinski definition) is 2. The molecule has 0 aliphatic carbocycles. The lowest BCUT2D eigenvalue weighted by molar-refractivity contribution is 0.671. The molecule has 0 unspecified atom stereocenters. The maximum absolute atomic E-state index is 4.14. The van der Waals surface area contributed by atoms with Gasteiger partial charge in [0, 0.05) is 25.9 Å². The van der Waals surface area contributed by atoms with Crippen molar-refractivity contribution in [2.45, 2.75) is 20.0 Å². The summed E-state index contributed by atoms with van der Waals surface area (Å²) in [5.74, 6) is 2.77. The van der Waals surface area contributed by atoms with Gasteiger partial charge in [0.2, 0.25) is 0 Å². The van der Waals surface area contributed by atoms with E-state index in [4.69, 9.17) is 0 Å². The van der Waals surface area contributed by atoms with Crippen molar-refractivity contribution in [3.8, 4) is 0 Å². The van der Waals surface area contributed by atoms with Crippen LogP contribution in [0.2, 0.25) is 0 Å². The van der Waals surface area contributed by atoms with Crippen molar-refractivity contribution in [3.63, 3.8) is 0 Å². The van der Waals surface area contributed by atoms with Crippen molar-refractivity contribution < 1.29 is 0 Å². The van der Waals surface area contributed by atoms with E-state index in [0.29, 0.717) is 6.54 Å². The zero-order chi connectivity index (χ0) is 12.5. The summed E-state index contributed by atoms with van der Waals surface area (Å²) in [5, 5.41) is 14.4. The van der Waals surface area contributed by atoms with E-state index in [1.807, 2.05) is 4.57 Å². The Bertz CT molecular complexity index is 354. The third-order valence-electron chi connectivity index (χ3n) is 2.27. The lowest BCUT2D eigenvalue weighted by Crippen LogP contribution is -2.38. The Balaban J connectivity index is 0.00000289. The van der Waals surface area contributed by atoms with Crippen LogP contribution in [0.1, 0.15) is 12.7 Å². The number of thioether (sulfide) groups is 1. The molecule has 1 aromatic heterocycles. The molecule has 6 nitrogen and oxygen atoms in total. The van der Waals surface area contributed by atoms with E-state index in [1.165, 1.54) is 0 Å². The van der Waals surface area contributed by atoms with Crippen LogP contribution in [0.15, 0.2) is 11.3 Å². The number of halogens is 1. The Morgan fingerprint density at radius 3 is 2.89 bits per heavy atom. The maximum Gasteiger partial charge on any atom is 0.191 e. The van der Waals surface area contributed by atoms with E-state index < -0.39 is 0 Å². The van der Waals surface area contributed by atoms with Gasteiger partial charge in [-0.3, -0.25) is 4.99 Å². The zero-order valence-electron chi connectivity index (χ0n) is 11.0. The van der Waals surface area contributed by atoms with Crippen LogP contribution in [-0.2, 0) is 13.1 Å². The van der Waals surface area contributed by atoms with Gasteiger partial charge in [0.1, 0.15) is 6.33 Å². The minimum absolute atomic E-state index is 0. The van der Waals surface area contributed by atoms with Crippen molar-refractivity contribution in [3.05, 3.63) is 12.2 Å². The van der Waals surface area contributed by atoms with Crippen LogP contribution in [-0.4, -0.2) is 46.3 Å². The molecule has 1 rings (SSSR count). The third-order valence-corrected chi connectivity index (χ3v) is 2.88. The number of guanidine groups is 1. The van der Waals surface area contributed by atoms with Crippen molar-refractivity contribution in [1.82, 2.24) is 25.4 Å². The van der Waals surface area contributed by atoms with Crippen LogP contribution in [0.25, 0.3) is 0 Å². The van der Waals surface area contributed by atoms with Gasteiger partial charge >= 0.3 is 0 Å². The molecule has 1 heterocycles. The molecule has 0 fully saturated rings. The first-order chi connectivity index (χ1) is 8.31. The molecule has 8 heteroatoms. The summed E-state index contributed by atoms with van der Waals surface area (Å²) in [6.45, 7) is 4.48. The Hall–Kier alpha value is -0.510. The summed E-state index contributed by atoms with van der Waals surface area (Å²) in [6, 6.07) is 0. The van der Waals surface area contributed by atoms with Gasteiger partial charge in [-0.1, -0.05) is 0 Å². The second kappa shape index (κ2) is 10.4. The predicted octanol–water partition coefficient (Wildman–Crippen LogP) is 0.944. The molecule has 2 N–H and O–H groups in total. The number of rotatable bonds is 6. The van der Waals surface area contributed by atoms with E-state index in [1.54, 1.807) is 25.1 Å². The molecule has 0 aliphatic heterocycles. The Labute approximate surface area is 129 Å². The standard InChI is InChI=1S/C10H20N6S.HI/c1-4-16-8-14-15-9(16)7-13-10(11-2)12-5-6-17-3;/h8H,4-7H2,1-3H3,(H2,11,12,13);1H. The Morgan fingerprint density at radius 1 is 1.50 bits per heavy atom. The third kappa shape index (κ3) is 5.89. The molecule has 0 amide bonds. The lowest BCUT2D eigenvalue weighted by Gasteiger charge is -2.11. The summed E-state index contributed by atoms with van der Waals surface area (Å²) in [6.07, 6.45) is 3.82. The summed E-state index contributed by atoms with van der Waals surface area (Å²) in [4.78, 5) is 4.14. The lowest BCUT2D eigenvalue weighted by atomic mass is 10.5.